The largest absolute Gasteiger partial charge is 0.493 e. The molecule has 3 rings (SSSR count). The molecule has 0 saturated carbocycles. The summed E-state index contributed by atoms with van der Waals surface area (Å²) >= 11 is 0. The number of benzene rings is 1. The van der Waals surface area contributed by atoms with Gasteiger partial charge in [0.25, 0.3) is 0 Å². The van der Waals surface area contributed by atoms with Gasteiger partial charge < -0.3 is 24.6 Å². The van der Waals surface area contributed by atoms with E-state index >= 15 is 0 Å². The minimum atomic E-state index is 0. The smallest absolute Gasteiger partial charge is 0.225 e. The van der Waals surface area contributed by atoms with Crippen LogP contribution in [0.15, 0.2) is 29.3 Å². The summed E-state index contributed by atoms with van der Waals surface area (Å²) in [4.78, 5) is 21.9. The van der Waals surface area contributed by atoms with E-state index in [0.29, 0.717) is 25.0 Å². The lowest BCUT2D eigenvalue weighted by molar-refractivity contribution is -0.140. The molecule has 8 heteroatoms. The predicted octanol–water partition coefficient (Wildman–Crippen LogP) is 3.42. The minimum absolute atomic E-state index is 0. The van der Waals surface area contributed by atoms with E-state index in [1.165, 1.54) is 5.56 Å². The second-order valence-corrected chi connectivity index (χ2v) is 9.03. The molecule has 7 nitrogen and oxygen atoms in total. The second-order valence-electron chi connectivity index (χ2n) is 9.03. The first-order valence-corrected chi connectivity index (χ1v) is 12.2. The molecule has 0 radical (unpaired) electrons. The average Bonchev–Trinajstić information content (AvgIpc) is 2.83. The Kier molecular flexibility index (Phi) is 12.3. The topological polar surface area (TPSA) is 66.4 Å². The quantitative estimate of drug-likeness (QED) is 0.294. The van der Waals surface area contributed by atoms with E-state index in [4.69, 9.17) is 14.5 Å². The first-order valence-electron chi connectivity index (χ1n) is 12.2. The summed E-state index contributed by atoms with van der Waals surface area (Å²) in [6.07, 6.45) is 2.67. The van der Waals surface area contributed by atoms with Crippen molar-refractivity contribution in [2.24, 2.45) is 16.8 Å². The van der Waals surface area contributed by atoms with Gasteiger partial charge in [-0.3, -0.25) is 9.79 Å². The second kappa shape index (κ2) is 14.7. The minimum Gasteiger partial charge on any atom is -0.493 e. The van der Waals surface area contributed by atoms with E-state index in [0.717, 1.165) is 76.8 Å². The van der Waals surface area contributed by atoms with E-state index in [2.05, 4.69) is 43.1 Å². The van der Waals surface area contributed by atoms with Gasteiger partial charge in [0.05, 0.1) is 19.8 Å². The van der Waals surface area contributed by atoms with Gasteiger partial charge in [0.2, 0.25) is 5.91 Å². The summed E-state index contributed by atoms with van der Waals surface area (Å²) in [5.74, 6) is 2.84. The number of likely N-dealkylation sites (tertiary alicyclic amines) is 1. The number of hydrogen-bond acceptors (Lipinski definition) is 4. The molecule has 33 heavy (non-hydrogen) atoms. The normalized spacial score (nSPS) is 17.6. The number of morpholine rings is 1. The fourth-order valence-electron chi connectivity index (χ4n) is 4.11. The Balaban J connectivity index is 0.00000385. The van der Waals surface area contributed by atoms with E-state index in [-0.39, 0.29) is 29.9 Å². The number of halogens is 1. The fourth-order valence-corrected chi connectivity index (χ4v) is 4.11. The van der Waals surface area contributed by atoms with Crippen LogP contribution >= 0.6 is 24.0 Å². The van der Waals surface area contributed by atoms with Gasteiger partial charge in [-0.1, -0.05) is 26.0 Å². The number of ether oxygens (including phenoxy) is 2. The van der Waals surface area contributed by atoms with Crippen molar-refractivity contribution in [3.05, 3.63) is 29.8 Å². The molecule has 0 atom stereocenters. The monoisotopic (exact) mass is 572 g/mol. The summed E-state index contributed by atoms with van der Waals surface area (Å²) in [7, 11) is 0. The molecule has 1 amide bonds. The van der Waals surface area contributed by atoms with Gasteiger partial charge in [0.15, 0.2) is 5.96 Å². The Hall–Kier alpha value is -1.55. The van der Waals surface area contributed by atoms with Crippen LogP contribution in [0.3, 0.4) is 0 Å². The van der Waals surface area contributed by atoms with Crippen LogP contribution < -0.4 is 10.1 Å². The molecule has 2 aliphatic rings. The van der Waals surface area contributed by atoms with Crippen LogP contribution in [0.2, 0.25) is 0 Å². The van der Waals surface area contributed by atoms with Crippen molar-refractivity contribution in [1.29, 1.82) is 0 Å². The van der Waals surface area contributed by atoms with Gasteiger partial charge in [-0.15, -0.1) is 24.0 Å². The van der Waals surface area contributed by atoms with Crippen molar-refractivity contribution in [2.45, 2.75) is 40.0 Å². The van der Waals surface area contributed by atoms with Gasteiger partial charge >= 0.3 is 0 Å². The van der Waals surface area contributed by atoms with Gasteiger partial charge in [-0.2, -0.15) is 0 Å². The number of hydrogen-bond donors (Lipinski definition) is 1. The van der Waals surface area contributed by atoms with Crippen LogP contribution in [-0.2, 0) is 16.0 Å². The van der Waals surface area contributed by atoms with Gasteiger partial charge in [0, 0.05) is 45.2 Å². The maximum Gasteiger partial charge on any atom is 0.225 e. The molecule has 2 saturated heterocycles. The molecule has 0 bridgehead atoms. The highest BCUT2D eigenvalue weighted by atomic mass is 127. The van der Waals surface area contributed by atoms with Gasteiger partial charge in [0.1, 0.15) is 5.75 Å². The Labute approximate surface area is 216 Å². The lowest BCUT2D eigenvalue weighted by atomic mass is 9.95. The van der Waals surface area contributed by atoms with Gasteiger partial charge in [-0.05, 0) is 49.8 Å². The first kappa shape index (κ1) is 27.7. The molecule has 0 aliphatic carbocycles. The van der Waals surface area contributed by atoms with E-state index < -0.39 is 0 Å². The zero-order chi connectivity index (χ0) is 22.8. The Morgan fingerprint density at radius 2 is 1.79 bits per heavy atom. The van der Waals surface area contributed by atoms with Crippen molar-refractivity contribution in [3.63, 3.8) is 0 Å². The lowest BCUT2D eigenvalue weighted by Crippen LogP contribution is -2.50. The number of piperidine rings is 1. The number of guanidine groups is 1. The Bertz CT molecular complexity index is 728. The van der Waals surface area contributed by atoms with Crippen LogP contribution in [0.4, 0.5) is 0 Å². The molecule has 1 aromatic carbocycles. The standard InChI is InChI=1S/C25H40N4O3.HI/c1-4-26-25(27-12-9-21-5-7-23(8-6-21)32-19-20(2)3)29-13-10-22(11-14-29)24(30)28-15-17-31-18-16-28;/h5-8,20,22H,4,9-19H2,1-3H3,(H,26,27);1H. The van der Waals surface area contributed by atoms with E-state index in [1.807, 2.05) is 17.0 Å². The third kappa shape index (κ3) is 8.96. The highest BCUT2D eigenvalue weighted by Gasteiger charge is 2.30. The molecule has 1 aromatic rings. The van der Waals surface area contributed by atoms with E-state index in [1.54, 1.807) is 0 Å². The SMILES string of the molecule is CCNC(=NCCc1ccc(OCC(C)C)cc1)N1CCC(C(=O)N2CCOCC2)CC1.I. The van der Waals surface area contributed by atoms with Gasteiger partial charge in [-0.25, -0.2) is 0 Å². The lowest BCUT2D eigenvalue weighted by Gasteiger charge is -2.36. The summed E-state index contributed by atoms with van der Waals surface area (Å²) < 4.78 is 11.1. The third-order valence-corrected chi connectivity index (χ3v) is 5.97. The fraction of sp³-hybridized carbons (Fsp3) is 0.680. The van der Waals surface area contributed by atoms with Crippen LogP contribution in [0.1, 0.15) is 39.2 Å². The zero-order valence-corrected chi connectivity index (χ0v) is 22.8. The summed E-state index contributed by atoms with van der Waals surface area (Å²) in [6, 6.07) is 8.34. The number of amides is 1. The van der Waals surface area contributed by atoms with Crippen LogP contribution in [0, 0.1) is 11.8 Å². The van der Waals surface area contributed by atoms with Crippen molar-refractivity contribution in [3.8, 4) is 5.75 Å². The average molecular weight is 573 g/mol. The third-order valence-electron chi connectivity index (χ3n) is 5.97. The van der Waals surface area contributed by atoms with Crippen molar-refractivity contribution >= 4 is 35.8 Å². The first-order chi connectivity index (χ1) is 15.6. The molecular weight excluding hydrogens is 531 g/mol. The highest BCUT2D eigenvalue weighted by Crippen LogP contribution is 2.20. The number of rotatable bonds is 8. The predicted molar refractivity (Wildman–Crippen MR) is 144 cm³/mol. The molecule has 2 fully saturated rings. The molecular formula is C25H41IN4O3. The zero-order valence-electron chi connectivity index (χ0n) is 20.4. The summed E-state index contributed by atoms with van der Waals surface area (Å²) in [5.41, 5.74) is 1.26. The van der Waals surface area contributed by atoms with Crippen molar-refractivity contribution in [1.82, 2.24) is 15.1 Å². The number of carbonyl (C=O) groups is 1. The maximum absolute atomic E-state index is 12.8. The van der Waals surface area contributed by atoms with Crippen molar-refractivity contribution in [2.75, 3.05) is 59.1 Å². The Morgan fingerprint density at radius 1 is 1.12 bits per heavy atom. The molecule has 0 spiro atoms. The number of nitrogens with zero attached hydrogens (tertiary/aromatic N) is 3. The highest BCUT2D eigenvalue weighted by molar-refractivity contribution is 14.0. The number of aliphatic imine (C=N–C) groups is 1. The molecule has 2 aliphatic heterocycles. The van der Waals surface area contributed by atoms with Crippen LogP contribution in [0.5, 0.6) is 5.75 Å². The van der Waals surface area contributed by atoms with Crippen LogP contribution in [-0.4, -0.2) is 80.8 Å². The molecule has 0 aromatic heterocycles. The summed E-state index contributed by atoms with van der Waals surface area (Å²) in [6.45, 7) is 13.2. The number of carbonyl (C=O) groups excluding carboxylic acids is 1. The molecule has 0 unspecified atom stereocenters. The van der Waals surface area contributed by atoms with Crippen molar-refractivity contribution < 1.29 is 14.3 Å². The summed E-state index contributed by atoms with van der Waals surface area (Å²) in [5, 5.41) is 3.43. The Morgan fingerprint density at radius 3 is 2.39 bits per heavy atom. The maximum atomic E-state index is 12.8. The number of nitrogens with one attached hydrogen (secondary N) is 1. The molecule has 186 valence electrons. The van der Waals surface area contributed by atoms with Crippen LogP contribution in [0.25, 0.3) is 0 Å². The van der Waals surface area contributed by atoms with E-state index in [9.17, 15) is 4.79 Å². The molecule has 2 heterocycles. The molecule has 1 N–H and O–H groups in total.